The monoisotopic (exact) mass is 491 g/mol. The molecular weight excluding hydrogens is 462 g/mol. The third kappa shape index (κ3) is 10.7. The van der Waals surface area contributed by atoms with Crippen LogP contribution in [0.15, 0.2) is 36.4 Å². The predicted octanol–water partition coefficient (Wildman–Crippen LogP) is 1.43. The van der Waals surface area contributed by atoms with E-state index in [4.69, 9.17) is 35.0 Å². The molecule has 0 spiro atoms. The molecule has 1 aromatic heterocycles. The molecule has 0 aliphatic carbocycles. The summed E-state index contributed by atoms with van der Waals surface area (Å²) >= 11 is 1.15. The standard InChI is InChI=1S/C23H29N3O7S/c24-16-19-5-6-21(34-19)22(27)26-7-8-30-9-10-31-11-12-32-13-14-33-18-3-1-17(2-4-18)15-20(25)23(28)29/h1-6,20H,7-15,25H2,(H,26,27)(H,28,29)/t20-/m0/s1. The molecule has 0 aliphatic heterocycles. The Morgan fingerprint density at radius 2 is 1.59 bits per heavy atom. The minimum Gasteiger partial charge on any atom is -0.491 e. The maximum Gasteiger partial charge on any atom is 0.320 e. The van der Waals surface area contributed by atoms with Crippen molar-refractivity contribution in [2.24, 2.45) is 5.73 Å². The van der Waals surface area contributed by atoms with Crippen molar-refractivity contribution in [1.29, 1.82) is 5.26 Å². The van der Waals surface area contributed by atoms with Gasteiger partial charge in [-0.1, -0.05) is 12.1 Å². The number of benzene rings is 1. The molecule has 2 aromatic rings. The highest BCUT2D eigenvalue weighted by Crippen LogP contribution is 2.15. The maximum absolute atomic E-state index is 11.9. The van der Waals surface area contributed by atoms with Gasteiger partial charge in [0, 0.05) is 6.54 Å². The zero-order valence-electron chi connectivity index (χ0n) is 18.7. The number of hydrogen-bond donors (Lipinski definition) is 3. The third-order valence-corrected chi connectivity index (χ3v) is 5.40. The molecule has 0 saturated heterocycles. The molecule has 184 valence electrons. The van der Waals surface area contributed by atoms with Crippen LogP contribution in [0.2, 0.25) is 0 Å². The van der Waals surface area contributed by atoms with E-state index in [1.165, 1.54) is 0 Å². The number of carbonyl (C=O) groups excluding carboxylic acids is 1. The van der Waals surface area contributed by atoms with Crippen LogP contribution in [0.1, 0.15) is 20.1 Å². The van der Waals surface area contributed by atoms with Crippen LogP contribution in [-0.4, -0.2) is 75.8 Å². The summed E-state index contributed by atoms with van der Waals surface area (Å²) in [6, 6.07) is 11.4. The Kier molecular flexibility index (Phi) is 12.6. The van der Waals surface area contributed by atoms with Crippen molar-refractivity contribution in [2.45, 2.75) is 12.5 Å². The van der Waals surface area contributed by atoms with E-state index >= 15 is 0 Å². The van der Waals surface area contributed by atoms with Crippen molar-refractivity contribution in [1.82, 2.24) is 5.32 Å². The predicted molar refractivity (Wildman–Crippen MR) is 125 cm³/mol. The molecule has 10 nitrogen and oxygen atoms in total. The molecule has 0 unspecified atom stereocenters. The van der Waals surface area contributed by atoms with Crippen molar-refractivity contribution in [3.63, 3.8) is 0 Å². The first-order valence-corrected chi connectivity index (χ1v) is 11.5. The second-order valence-corrected chi connectivity index (χ2v) is 8.09. The van der Waals surface area contributed by atoms with E-state index in [1.807, 2.05) is 6.07 Å². The topological polar surface area (TPSA) is 153 Å². The Labute approximate surface area is 202 Å². The van der Waals surface area contributed by atoms with Gasteiger partial charge in [0.25, 0.3) is 5.91 Å². The number of nitrogens with two attached hydrogens (primary N) is 1. The summed E-state index contributed by atoms with van der Waals surface area (Å²) in [5.74, 6) is -0.574. The van der Waals surface area contributed by atoms with Crippen molar-refractivity contribution >= 4 is 23.2 Å². The fraction of sp³-hybridized carbons (Fsp3) is 0.435. The summed E-state index contributed by atoms with van der Waals surface area (Å²) in [5.41, 5.74) is 6.35. The maximum atomic E-state index is 11.9. The number of nitriles is 1. The average molecular weight is 492 g/mol. The number of carboxylic acids is 1. The van der Waals surface area contributed by atoms with Gasteiger partial charge in [-0.05, 0) is 36.2 Å². The summed E-state index contributed by atoms with van der Waals surface area (Å²) in [6.07, 6.45) is 0.265. The largest absolute Gasteiger partial charge is 0.491 e. The Bertz CT molecular complexity index is 927. The number of carboxylic acid groups (broad SMARTS) is 1. The van der Waals surface area contributed by atoms with Crippen molar-refractivity contribution < 1.29 is 33.6 Å². The minimum absolute atomic E-state index is 0.218. The molecule has 0 bridgehead atoms. The molecule has 0 aliphatic rings. The van der Waals surface area contributed by atoms with Gasteiger partial charge in [0.15, 0.2) is 0 Å². The van der Waals surface area contributed by atoms with Gasteiger partial charge < -0.3 is 35.1 Å². The second-order valence-electron chi connectivity index (χ2n) is 7.01. The summed E-state index contributed by atoms with van der Waals surface area (Å²) in [7, 11) is 0. The van der Waals surface area contributed by atoms with Crippen molar-refractivity contribution in [3.8, 4) is 11.8 Å². The molecule has 11 heteroatoms. The lowest BCUT2D eigenvalue weighted by molar-refractivity contribution is -0.138. The molecule has 34 heavy (non-hydrogen) atoms. The Morgan fingerprint density at radius 1 is 0.971 bits per heavy atom. The molecule has 1 amide bonds. The van der Waals surface area contributed by atoms with Crippen LogP contribution in [0.25, 0.3) is 0 Å². The lowest BCUT2D eigenvalue weighted by Gasteiger charge is -2.10. The van der Waals surface area contributed by atoms with Crippen LogP contribution in [0.3, 0.4) is 0 Å². The first-order valence-electron chi connectivity index (χ1n) is 10.7. The van der Waals surface area contributed by atoms with E-state index in [2.05, 4.69) is 5.32 Å². The van der Waals surface area contributed by atoms with E-state index in [9.17, 15) is 9.59 Å². The quantitative estimate of drug-likeness (QED) is 0.279. The van der Waals surface area contributed by atoms with E-state index in [0.29, 0.717) is 68.3 Å². The lowest BCUT2D eigenvalue weighted by Crippen LogP contribution is -2.32. The molecule has 1 aromatic carbocycles. The minimum atomic E-state index is -1.03. The fourth-order valence-electron chi connectivity index (χ4n) is 2.67. The number of carbonyl (C=O) groups is 2. The SMILES string of the molecule is N#Cc1ccc(C(=O)NCCOCCOCCOCCOc2ccc(C[C@H](N)C(=O)O)cc2)s1. The highest BCUT2D eigenvalue weighted by atomic mass is 32.1. The van der Waals surface area contributed by atoms with Crippen LogP contribution in [0, 0.1) is 11.3 Å². The summed E-state index contributed by atoms with van der Waals surface area (Å²) in [5, 5.41) is 20.3. The Hall–Kier alpha value is -3.01. The van der Waals surface area contributed by atoms with Crippen LogP contribution in [-0.2, 0) is 25.4 Å². The highest BCUT2D eigenvalue weighted by molar-refractivity contribution is 7.14. The number of nitrogens with zero attached hydrogens (tertiary/aromatic N) is 1. The second kappa shape index (κ2) is 15.8. The molecule has 0 fully saturated rings. The van der Waals surface area contributed by atoms with E-state index in [0.717, 1.165) is 16.9 Å². The van der Waals surface area contributed by atoms with Crippen LogP contribution in [0.5, 0.6) is 5.75 Å². The van der Waals surface area contributed by atoms with Gasteiger partial charge in [0.05, 0.1) is 44.5 Å². The van der Waals surface area contributed by atoms with Crippen LogP contribution in [0.4, 0.5) is 0 Å². The van der Waals surface area contributed by atoms with Gasteiger partial charge in [-0.25, -0.2) is 0 Å². The summed E-state index contributed by atoms with van der Waals surface area (Å²) < 4.78 is 21.8. The summed E-state index contributed by atoms with van der Waals surface area (Å²) in [4.78, 5) is 23.7. The number of amides is 1. The molecule has 2 rings (SSSR count). The van der Waals surface area contributed by atoms with Gasteiger partial charge >= 0.3 is 5.97 Å². The lowest BCUT2D eigenvalue weighted by atomic mass is 10.1. The van der Waals surface area contributed by atoms with Crippen molar-refractivity contribution in [3.05, 3.63) is 51.7 Å². The number of rotatable bonds is 17. The zero-order valence-corrected chi connectivity index (χ0v) is 19.6. The number of ether oxygens (including phenoxy) is 4. The first kappa shape index (κ1) is 27.2. The normalized spacial score (nSPS) is 11.5. The highest BCUT2D eigenvalue weighted by Gasteiger charge is 2.12. The first-order chi connectivity index (χ1) is 16.5. The molecule has 0 saturated carbocycles. The molecular formula is C23H29N3O7S. The van der Waals surface area contributed by atoms with Gasteiger partial charge in [0.2, 0.25) is 0 Å². The van der Waals surface area contributed by atoms with Gasteiger partial charge in [0.1, 0.15) is 29.3 Å². The number of thiophene rings is 1. The van der Waals surface area contributed by atoms with Gasteiger partial charge in [-0.2, -0.15) is 5.26 Å². The van der Waals surface area contributed by atoms with Crippen LogP contribution < -0.4 is 15.8 Å². The van der Waals surface area contributed by atoms with Crippen molar-refractivity contribution in [2.75, 3.05) is 52.8 Å². The molecule has 1 heterocycles. The number of hydrogen-bond acceptors (Lipinski definition) is 9. The summed E-state index contributed by atoms with van der Waals surface area (Å²) in [6.45, 7) is 3.21. The smallest absolute Gasteiger partial charge is 0.320 e. The van der Waals surface area contributed by atoms with E-state index in [1.54, 1.807) is 36.4 Å². The third-order valence-electron chi connectivity index (χ3n) is 4.41. The molecule has 0 radical (unpaired) electrons. The number of nitrogens with one attached hydrogen (secondary N) is 1. The van der Waals surface area contributed by atoms with E-state index in [-0.39, 0.29) is 12.3 Å². The molecule has 4 N–H and O–H groups in total. The van der Waals surface area contributed by atoms with E-state index < -0.39 is 12.0 Å². The van der Waals surface area contributed by atoms with Gasteiger partial charge in [-0.3, -0.25) is 9.59 Å². The Morgan fingerprint density at radius 3 is 2.18 bits per heavy atom. The average Bonchev–Trinajstić information content (AvgIpc) is 3.32. The fourth-order valence-corrected chi connectivity index (χ4v) is 3.39. The Balaban J connectivity index is 1.38. The molecule has 1 atom stereocenters. The van der Waals surface area contributed by atoms with Gasteiger partial charge in [-0.15, -0.1) is 11.3 Å². The van der Waals surface area contributed by atoms with Crippen LogP contribution >= 0.6 is 11.3 Å². The zero-order chi connectivity index (χ0) is 24.6. The number of aliphatic carboxylic acids is 1.